The van der Waals surface area contributed by atoms with Gasteiger partial charge in [-0.05, 0) is 36.4 Å². The number of benzene rings is 1. The lowest BCUT2D eigenvalue weighted by Crippen LogP contribution is -2.45. The zero-order valence-electron chi connectivity index (χ0n) is 20.6. The van der Waals surface area contributed by atoms with Gasteiger partial charge in [0.15, 0.2) is 0 Å². The molecule has 0 atom stereocenters. The summed E-state index contributed by atoms with van der Waals surface area (Å²) in [5, 5.41) is 2.50. The van der Waals surface area contributed by atoms with Crippen molar-refractivity contribution < 1.29 is 22.4 Å². The van der Waals surface area contributed by atoms with E-state index in [-0.39, 0.29) is 34.9 Å². The molecule has 0 radical (unpaired) electrons. The predicted molar refractivity (Wildman–Crippen MR) is 136 cm³/mol. The Hall–Kier alpha value is -4.01. The minimum absolute atomic E-state index is 0.0264. The summed E-state index contributed by atoms with van der Waals surface area (Å²) >= 11 is 0. The number of halogens is 4. The first-order valence-corrected chi connectivity index (χ1v) is 12.0. The fraction of sp³-hybridized carbons (Fsp3) is 0.296. The quantitative estimate of drug-likeness (QED) is 0.386. The van der Waals surface area contributed by atoms with Crippen molar-refractivity contribution in [1.82, 2.24) is 19.8 Å². The number of piperazine rings is 1. The highest BCUT2D eigenvalue weighted by Crippen LogP contribution is 2.33. The predicted octanol–water partition coefficient (Wildman–Crippen LogP) is 4.01. The van der Waals surface area contributed by atoms with Crippen LogP contribution in [-0.4, -0.2) is 58.4 Å². The maximum Gasteiger partial charge on any atom is 0.416 e. The molecule has 1 aliphatic rings. The van der Waals surface area contributed by atoms with Gasteiger partial charge in [0, 0.05) is 62.3 Å². The molecule has 3 aromatic rings. The van der Waals surface area contributed by atoms with Crippen molar-refractivity contribution in [2.24, 2.45) is 0 Å². The van der Waals surface area contributed by atoms with Crippen LogP contribution in [-0.2, 0) is 12.7 Å². The summed E-state index contributed by atoms with van der Waals surface area (Å²) in [5.41, 5.74) is 5.01. The van der Waals surface area contributed by atoms with Gasteiger partial charge in [0.25, 0.3) is 5.91 Å². The molecule has 2 aromatic heterocycles. The van der Waals surface area contributed by atoms with Gasteiger partial charge >= 0.3 is 6.18 Å². The van der Waals surface area contributed by atoms with Crippen molar-refractivity contribution >= 4 is 17.5 Å². The number of alkyl halides is 3. The topological polar surface area (TPSA) is 87.4 Å². The van der Waals surface area contributed by atoms with Crippen molar-refractivity contribution in [2.75, 3.05) is 43.8 Å². The standard InChI is InChI=1S/C27H26F4N6O/c1-2-36-9-11-37(12-10-36)17-21-6-5-19(14-22(21)27(29,30)31)26(38)35-25-13-18(7-8-33-25)3-4-20-16-34-24(32)15-23(20)28/h5-8,13-16H,2,9-12,17H2,1H3,(H2,32,34)(H,33,35,38). The SMILES string of the molecule is CCN1CCN(Cc2ccc(C(=O)Nc3cc(C#Cc4cnc(N)cc4F)ccn3)cc2C(F)(F)F)CC1. The molecule has 38 heavy (non-hydrogen) atoms. The van der Waals surface area contributed by atoms with E-state index in [0.717, 1.165) is 31.8 Å². The van der Waals surface area contributed by atoms with Crippen LogP contribution in [0.3, 0.4) is 0 Å². The Morgan fingerprint density at radius 1 is 1.05 bits per heavy atom. The summed E-state index contributed by atoms with van der Waals surface area (Å²) in [6, 6.07) is 7.63. The normalized spacial score (nSPS) is 14.6. The van der Waals surface area contributed by atoms with E-state index in [1.54, 1.807) is 6.07 Å². The molecule has 1 amide bonds. The Balaban J connectivity index is 1.49. The number of carbonyl (C=O) groups is 1. The number of hydrogen-bond donors (Lipinski definition) is 2. The molecule has 4 rings (SSSR count). The molecule has 198 valence electrons. The van der Waals surface area contributed by atoms with E-state index in [1.807, 2.05) is 4.90 Å². The smallest absolute Gasteiger partial charge is 0.384 e. The van der Waals surface area contributed by atoms with Gasteiger partial charge in [-0.1, -0.05) is 24.8 Å². The van der Waals surface area contributed by atoms with E-state index < -0.39 is 23.5 Å². The minimum Gasteiger partial charge on any atom is -0.384 e. The lowest BCUT2D eigenvalue weighted by molar-refractivity contribution is -0.138. The van der Waals surface area contributed by atoms with Crippen molar-refractivity contribution in [3.63, 3.8) is 0 Å². The van der Waals surface area contributed by atoms with Crippen molar-refractivity contribution in [2.45, 2.75) is 19.6 Å². The van der Waals surface area contributed by atoms with Crippen LogP contribution in [0.2, 0.25) is 0 Å². The number of carbonyl (C=O) groups excluding carboxylic acids is 1. The van der Waals surface area contributed by atoms with Gasteiger partial charge in [0.1, 0.15) is 17.5 Å². The van der Waals surface area contributed by atoms with Crippen LogP contribution < -0.4 is 11.1 Å². The van der Waals surface area contributed by atoms with E-state index in [2.05, 4.69) is 38.9 Å². The first-order chi connectivity index (χ1) is 18.1. The molecule has 1 aromatic carbocycles. The van der Waals surface area contributed by atoms with Gasteiger partial charge in [-0.15, -0.1) is 0 Å². The zero-order valence-corrected chi connectivity index (χ0v) is 20.6. The monoisotopic (exact) mass is 526 g/mol. The van der Waals surface area contributed by atoms with E-state index in [9.17, 15) is 22.4 Å². The number of nitrogens with two attached hydrogens (primary N) is 1. The largest absolute Gasteiger partial charge is 0.416 e. The Morgan fingerprint density at radius 2 is 1.79 bits per heavy atom. The zero-order chi connectivity index (χ0) is 27.3. The molecule has 1 fully saturated rings. The molecule has 1 aliphatic heterocycles. The summed E-state index contributed by atoms with van der Waals surface area (Å²) in [7, 11) is 0. The highest BCUT2D eigenvalue weighted by atomic mass is 19.4. The number of nitrogen functional groups attached to an aromatic ring is 1. The van der Waals surface area contributed by atoms with Gasteiger partial charge < -0.3 is 16.0 Å². The molecule has 11 heteroatoms. The molecular weight excluding hydrogens is 500 g/mol. The second-order valence-electron chi connectivity index (χ2n) is 8.80. The van der Waals surface area contributed by atoms with E-state index in [1.165, 1.54) is 30.6 Å². The van der Waals surface area contributed by atoms with Crippen LogP contribution in [0.1, 0.15) is 39.5 Å². The Morgan fingerprint density at radius 3 is 2.47 bits per heavy atom. The molecule has 0 aliphatic carbocycles. The number of rotatable bonds is 5. The van der Waals surface area contributed by atoms with Crippen LogP contribution in [0, 0.1) is 17.7 Å². The van der Waals surface area contributed by atoms with E-state index in [4.69, 9.17) is 5.73 Å². The summed E-state index contributed by atoms with van der Waals surface area (Å²) in [5.74, 6) is 4.10. The second kappa shape index (κ2) is 11.6. The molecule has 0 spiro atoms. The van der Waals surface area contributed by atoms with E-state index in [0.29, 0.717) is 18.7 Å². The van der Waals surface area contributed by atoms with Crippen LogP contribution in [0.5, 0.6) is 0 Å². The average molecular weight is 527 g/mol. The van der Waals surface area contributed by atoms with Crippen LogP contribution in [0.15, 0.2) is 48.8 Å². The van der Waals surface area contributed by atoms with Gasteiger partial charge in [-0.25, -0.2) is 14.4 Å². The molecule has 3 N–H and O–H groups in total. The number of nitrogens with zero attached hydrogens (tertiary/aromatic N) is 4. The van der Waals surface area contributed by atoms with Gasteiger partial charge in [-0.3, -0.25) is 9.69 Å². The Kier molecular flexibility index (Phi) is 8.24. The summed E-state index contributed by atoms with van der Waals surface area (Å²) in [4.78, 5) is 24.8. The third-order valence-electron chi connectivity index (χ3n) is 6.20. The number of pyridine rings is 2. The molecule has 7 nitrogen and oxygen atoms in total. The molecule has 0 bridgehead atoms. The van der Waals surface area contributed by atoms with Gasteiger partial charge in [0.05, 0.1) is 11.1 Å². The highest BCUT2D eigenvalue weighted by molar-refractivity contribution is 6.04. The third-order valence-corrected chi connectivity index (χ3v) is 6.20. The first-order valence-electron chi connectivity index (χ1n) is 12.0. The molecule has 0 unspecified atom stereocenters. The summed E-state index contributed by atoms with van der Waals surface area (Å²) in [6.07, 6.45) is -2.04. The summed E-state index contributed by atoms with van der Waals surface area (Å²) in [6.45, 7) is 6.09. The van der Waals surface area contributed by atoms with Crippen LogP contribution in [0.25, 0.3) is 0 Å². The number of anilines is 2. The maximum absolute atomic E-state index is 13.9. The third kappa shape index (κ3) is 6.85. The number of nitrogens with one attached hydrogen (secondary N) is 1. The fourth-order valence-corrected chi connectivity index (χ4v) is 4.07. The molecule has 1 saturated heterocycles. The molecular formula is C27H26F4N6O. The van der Waals surface area contributed by atoms with E-state index >= 15 is 0 Å². The lowest BCUT2D eigenvalue weighted by atomic mass is 10.0. The van der Waals surface area contributed by atoms with Crippen molar-refractivity contribution in [3.05, 3.63) is 82.4 Å². The minimum atomic E-state index is -4.61. The molecule has 3 heterocycles. The second-order valence-corrected chi connectivity index (χ2v) is 8.80. The van der Waals surface area contributed by atoms with Gasteiger partial charge in [0.2, 0.25) is 0 Å². The Labute approximate surface area is 217 Å². The number of amides is 1. The fourth-order valence-electron chi connectivity index (χ4n) is 4.07. The van der Waals surface area contributed by atoms with Crippen molar-refractivity contribution in [1.29, 1.82) is 0 Å². The first kappa shape index (κ1) is 27.0. The van der Waals surface area contributed by atoms with Crippen LogP contribution in [0.4, 0.5) is 29.2 Å². The van der Waals surface area contributed by atoms with Crippen LogP contribution >= 0.6 is 0 Å². The van der Waals surface area contributed by atoms with Crippen molar-refractivity contribution in [3.8, 4) is 11.8 Å². The van der Waals surface area contributed by atoms with Gasteiger partial charge in [-0.2, -0.15) is 13.2 Å². The average Bonchev–Trinajstić information content (AvgIpc) is 2.88. The number of likely N-dealkylation sites (N-methyl/N-ethyl adjacent to an activating group) is 1. The maximum atomic E-state index is 13.9. The molecule has 0 saturated carbocycles. The number of hydrogen-bond acceptors (Lipinski definition) is 6. The highest BCUT2D eigenvalue weighted by Gasteiger charge is 2.34. The summed E-state index contributed by atoms with van der Waals surface area (Å²) < 4.78 is 55.6. The lowest BCUT2D eigenvalue weighted by Gasteiger charge is -2.34. The Bertz CT molecular complexity index is 1370. The number of aromatic nitrogens is 2.